The molecule has 2 rings (SSSR count). The molecule has 0 amide bonds. The summed E-state index contributed by atoms with van der Waals surface area (Å²) in [4.78, 5) is 0. The molecule has 0 aromatic carbocycles. The number of rotatable bonds is 3. The molecule has 15 heavy (non-hydrogen) atoms. The van der Waals surface area contributed by atoms with Gasteiger partial charge < -0.3 is 10.1 Å². The van der Waals surface area contributed by atoms with Crippen molar-refractivity contribution in [2.75, 3.05) is 13.2 Å². The van der Waals surface area contributed by atoms with Crippen LogP contribution in [0.2, 0.25) is 0 Å². The normalized spacial score (nSPS) is 19.9. The highest BCUT2D eigenvalue weighted by Crippen LogP contribution is 2.27. The zero-order valence-electron chi connectivity index (χ0n) is 8.96. The molecule has 0 fully saturated rings. The van der Waals surface area contributed by atoms with E-state index in [1.54, 1.807) is 0 Å². The third-order valence-electron chi connectivity index (χ3n) is 2.59. The van der Waals surface area contributed by atoms with Gasteiger partial charge in [0, 0.05) is 30.7 Å². The molecule has 1 aliphatic carbocycles. The van der Waals surface area contributed by atoms with Crippen LogP contribution in [0.3, 0.4) is 0 Å². The van der Waals surface area contributed by atoms with Gasteiger partial charge in [-0.25, -0.2) is 0 Å². The lowest BCUT2D eigenvalue weighted by Crippen LogP contribution is -2.15. The lowest BCUT2D eigenvalue weighted by Gasteiger charge is -2.17. The van der Waals surface area contributed by atoms with Crippen molar-refractivity contribution in [3.63, 3.8) is 0 Å². The standard InChI is InChI=1S/C13H17NO/c1-2-9-14-12-7-5-10-15-13-8-4-3-6-11(12)13/h2-3,6-7,14H,1,4-5,8-10H2. The number of allylic oxidation sites excluding steroid dienone is 3. The van der Waals surface area contributed by atoms with E-state index in [0.717, 1.165) is 38.2 Å². The van der Waals surface area contributed by atoms with E-state index in [1.807, 2.05) is 6.08 Å². The first-order valence-electron chi connectivity index (χ1n) is 5.49. The lowest BCUT2D eigenvalue weighted by molar-refractivity contribution is 0.207. The Bertz CT molecular complexity index is 336. The zero-order chi connectivity index (χ0) is 10.5. The van der Waals surface area contributed by atoms with Gasteiger partial charge in [-0.3, -0.25) is 0 Å². The van der Waals surface area contributed by atoms with Gasteiger partial charge in [0.25, 0.3) is 0 Å². The molecule has 0 atom stereocenters. The van der Waals surface area contributed by atoms with Gasteiger partial charge in [-0.15, -0.1) is 6.58 Å². The van der Waals surface area contributed by atoms with Crippen molar-refractivity contribution < 1.29 is 4.74 Å². The third kappa shape index (κ3) is 2.32. The number of hydrogen-bond donors (Lipinski definition) is 1. The summed E-state index contributed by atoms with van der Waals surface area (Å²) in [5, 5.41) is 3.36. The molecule has 1 N–H and O–H groups in total. The third-order valence-corrected chi connectivity index (χ3v) is 2.59. The topological polar surface area (TPSA) is 21.3 Å². The minimum Gasteiger partial charge on any atom is -0.497 e. The van der Waals surface area contributed by atoms with Gasteiger partial charge in [0.2, 0.25) is 0 Å². The van der Waals surface area contributed by atoms with Crippen molar-refractivity contribution >= 4 is 0 Å². The van der Waals surface area contributed by atoms with Crippen LogP contribution in [0.25, 0.3) is 0 Å². The van der Waals surface area contributed by atoms with Gasteiger partial charge >= 0.3 is 0 Å². The Hall–Kier alpha value is -1.44. The Kier molecular flexibility index (Phi) is 3.28. The van der Waals surface area contributed by atoms with E-state index in [4.69, 9.17) is 4.74 Å². The predicted molar refractivity (Wildman–Crippen MR) is 62.3 cm³/mol. The largest absolute Gasteiger partial charge is 0.497 e. The van der Waals surface area contributed by atoms with Gasteiger partial charge in [0.15, 0.2) is 0 Å². The Balaban J connectivity index is 2.21. The monoisotopic (exact) mass is 203 g/mol. The van der Waals surface area contributed by atoms with E-state index in [9.17, 15) is 0 Å². The SMILES string of the molecule is C=CCNC1=CCCOC2=C1C=CCC2. The molecule has 0 unspecified atom stereocenters. The van der Waals surface area contributed by atoms with Crippen LogP contribution in [0.5, 0.6) is 0 Å². The first-order valence-corrected chi connectivity index (χ1v) is 5.49. The lowest BCUT2D eigenvalue weighted by atomic mass is 10.0. The van der Waals surface area contributed by atoms with Crippen molar-refractivity contribution in [2.24, 2.45) is 0 Å². The van der Waals surface area contributed by atoms with Gasteiger partial charge in [-0.1, -0.05) is 24.3 Å². The summed E-state index contributed by atoms with van der Waals surface area (Å²) >= 11 is 0. The summed E-state index contributed by atoms with van der Waals surface area (Å²) in [5.74, 6) is 1.14. The molecule has 0 radical (unpaired) electrons. The molecule has 0 aromatic rings. The van der Waals surface area contributed by atoms with Crippen molar-refractivity contribution in [1.82, 2.24) is 5.32 Å². The molecule has 2 heteroatoms. The number of nitrogens with one attached hydrogen (secondary N) is 1. The highest BCUT2D eigenvalue weighted by molar-refractivity contribution is 5.43. The number of ether oxygens (including phenoxy) is 1. The van der Waals surface area contributed by atoms with Crippen molar-refractivity contribution in [3.05, 3.63) is 47.9 Å². The Morgan fingerprint density at radius 3 is 3.27 bits per heavy atom. The van der Waals surface area contributed by atoms with E-state index in [2.05, 4.69) is 30.1 Å². The second-order valence-corrected chi connectivity index (χ2v) is 3.70. The Morgan fingerprint density at radius 2 is 2.40 bits per heavy atom. The average molecular weight is 203 g/mol. The first-order chi connectivity index (χ1) is 7.42. The molecule has 0 spiro atoms. The van der Waals surface area contributed by atoms with Crippen molar-refractivity contribution in [2.45, 2.75) is 19.3 Å². The molecule has 0 aromatic heterocycles. The van der Waals surface area contributed by atoms with Crippen LogP contribution in [0, 0.1) is 0 Å². The predicted octanol–water partition coefficient (Wildman–Crippen LogP) is 2.67. The van der Waals surface area contributed by atoms with Crippen LogP contribution in [-0.4, -0.2) is 13.2 Å². The molecule has 1 heterocycles. The quantitative estimate of drug-likeness (QED) is 0.712. The molecule has 1 aliphatic heterocycles. The second-order valence-electron chi connectivity index (χ2n) is 3.70. The second kappa shape index (κ2) is 4.87. The fraction of sp³-hybridized carbons (Fsp3) is 0.385. The highest BCUT2D eigenvalue weighted by Gasteiger charge is 2.15. The van der Waals surface area contributed by atoms with Crippen LogP contribution >= 0.6 is 0 Å². The highest BCUT2D eigenvalue weighted by atomic mass is 16.5. The van der Waals surface area contributed by atoms with E-state index in [1.165, 1.54) is 11.3 Å². The Morgan fingerprint density at radius 1 is 1.47 bits per heavy atom. The fourth-order valence-electron chi connectivity index (χ4n) is 1.88. The molecular weight excluding hydrogens is 186 g/mol. The molecule has 0 saturated heterocycles. The van der Waals surface area contributed by atoms with E-state index in [-0.39, 0.29) is 0 Å². The van der Waals surface area contributed by atoms with E-state index in [0.29, 0.717) is 0 Å². The van der Waals surface area contributed by atoms with Gasteiger partial charge in [-0.05, 0) is 6.42 Å². The summed E-state index contributed by atoms with van der Waals surface area (Å²) in [5.41, 5.74) is 2.42. The minimum absolute atomic E-state index is 0.798. The summed E-state index contributed by atoms with van der Waals surface area (Å²) in [6.45, 7) is 5.32. The molecular formula is C13H17NO. The van der Waals surface area contributed by atoms with Gasteiger partial charge in [0.1, 0.15) is 5.76 Å². The number of hydrogen-bond acceptors (Lipinski definition) is 2. The van der Waals surface area contributed by atoms with Gasteiger partial charge in [-0.2, -0.15) is 0 Å². The summed E-state index contributed by atoms with van der Waals surface area (Å²) in [7, 11) is 0. The molecule has 80 valence electrons. The van der Waals surface area contributed by atoms with Crippen molar-refractivity contribution in [3.8, 4) is 0 Å². The molecule has 0 bridgehead atoms. The average Bonchev–Trinajstić information content (AvgIpc) is 2.49. The first kappa shape index (κ1) is 10.1. The van der Waals surface area contributed by atoms with Crippen LogP contribution in [-0.2, 0) is 4.74 Å². The van der Waals surface area contributed by atoms with Crippen LogP contribution < -0.4 is 5.32 Å². The fourth-order valence-corrected chi connectivity index (χ4v) is 1.88. The molecule has 2 aliphatic rings. The maximum atomic E-state index is 5.73. The molecule has 0 saturated carbocycles. The van der Waals surface area contributed by atoms with Crippen LogP contribution in [0.15, 0.2) is 47.9 Å². The van der Waals surface area contributed by atoms with Crippen molar-refractivity contribution in [1.29, 1.82) is 0 Å². The Labute approximate surface area is 91.0 Å². The molecule has 2 nitrogen and oxygen atoms in total. The van der Waals surface area contributed by atoms with E-state index >= 15 is 0 Å². The van der Waals surface area contributed by atoms with E-state index < -0.39 is 0 Å². The minimum atomic E-state index is 0.798. The van der Waals surface area contributed by atoms with Crippen LogP contribution in [0.1, 0.15) is 19.3 Å². The smallest absolute Gasteiger partial charge is 0.106 e. The van der Waals surface area contributed by atoms with Crippen LogP contribution in [0.4, 0.5) is 0 Å². The zero-order valence-corrected chi connectivity index (χ0v) is 8.96. The summed E-state index contributed by atoms with van der Waals surface area (Å²) < 4.78 is 5.73. The van der Waals surface area contributed by atoms with Gasteiger partial charge in [0.05, 0.1) is 6.61 Å². The summed E-state index contributed by atoms with van der Waals surface area (Å²) in [6, 6.07) is 0. The maximum Gasteiger partial charge on any atom is 0.106 e. The summed E-state index contributed by atoms with van der Waals surface area (Å²) in [6.07, 6.45) is 11.5. The maximum absolute atomic E-state index is 5.73.